The van der Waals surface area contributed by atoms with E-state index in [1.165, 1.54) is 24.5 Å². The summed E-state index contributed by atoms with van der Waals surface area (Å²) in [6.07, 6.45) is 2.88. The van der Waals surface area contributed by atoms with E-state index in [-0.39, 0.29) is 33.7 Å². The van der Waals surface area contributed by atoms with Crippen molar-refractivity contribution < 1.29 is 13.9 Å². The number of H-pyrrole nitrogens is 1. The van der Waals surface area contributed by atoms with Crippen molar-refractivity contribution in [2.45, 2.75) is 6.54 Å². The normalized spacial score (nSPS) is 10.5. The molecule has 1 heterocycles. The highest BCUT2D eigenvalue weighted by molar-refractivity contribution is 6.32. The molecule has 2 aromatic carbocycles. The Kier molecular flexibility index (Phi) is 5.87. The van der Waals surface area contributed by atoms with Crippen LogP contribution in [0.15, 0.2) is 43.2 Å². The van der Waals surface area contributed by atoms with Crippen LogP contribution in [0.1, 0.15) is 21.6 Å². The first kappa shape index (κ1) is 19.7. The van der Waals surface area contributed by atoms with Crippen LogP contribution in [-0.4, -0.2) is 15.9 Å². The molecule has 144 valence electrons. The molecular weight excluding hydrogens is 406 g/mol. The Labute approximate surface area is 170 Å². The minimum Gasteiger partial charge on any atom is -0.453 e. The fraction of sp³-hybridized carbons (Fsp3) is 0.0526. The minimum atomic E-state index is -0.703. The van der Waals surface area contributed by atoms with Crippen LogP contribution in [0.3, 0.4) is 0 Å². The number of ether oxygens (including phenoxy) is 1. The van der Waals surface area contributed by atoms with Gasteiger partial charge in [-0.3, -0.25) is 4.79 Å². The van der Waals surface area contributed by atoms with Gasteiger partial charge in [-0.2, -0.15) is 0 Å². The van der Waals surface area contributed by atoms with E-state index in [9.17, 15) is 9.18 Å². The predicted molar refractivity (Wildman–Crippen MR) is 107 cm³/mol. The maximum atomic E-state index is 14.9. The smallest absolute Gasteiger partial charge is 0.271 e. The maximum absolute atomic E-state index is 14.9. The molecule has 0 unspecified atom stereocenters. The number of anilines is 1. The monoisotopic (exact) mass is 420 g/mol. The van der Waals surface area contributed by atoms with Crippen LogP contribution in [0, 0.1) is 5.82 Å². The van der Waals surface area contributed by atoms with Gasteiger partial charge in [0.1, 0.15) is 11.4 Å². The van der Waals surface area contributed by atoms with Crippen LogP contribution < -0.4 is 15.8 Å². The third kappa shape index (κ3) is 4.27. The number of amides is 1. The fourth-order valence-electron chi connectivity index (χ4n) is 2.44. The number of rotatable bonds is 6. The third-order valence-electron chi connectivity index (χ3n) is 3.80. The number of nitrogen functional groups attached to an aromatic ring is 1. The summed E-state index contributed by atoms with van der Waals surface area (Å²) in [5.74, 6) is -1.09. The van der Waals surface area contributed by atoms with E-state index in [1.807, 2.05) is 0 Å². The average Bonchev–Trinajstić information content (AvgIpc) is 3.09. The lowest BCUT2D eigenvalue weighted by Gasteiger charge is -2.13. The number of imidazole rings is 1. The molecule has 0 radical (unpaired) electrons. The van der Waals surface area contributed by atoms with Crippen molar-refractivity contribution in [1.29, 1.82) is 0 Å². The zero-order chi connectivity index (χ0) is 20.3. The van der Waals surface area contributed by atoms with Gasteiger partial charge in [-0.1, -0.05) is 41.9 Å². The first-order chi connectivity index (χ1) is 13.4. The van der Waals surface area contributed by atoms with Crippen molar-refractivity contribution in [3.63, 3.8) is 0 Å². The summed E-state index contributed by atoms with van der Waals surface area (Å²) in [5.41, 5.74) is 7.23. The second kappa shape index (κ2) is 8.33. The van der Waals surface area contributed by atoms with Gasteiger partial charge in [0.15, 0.2) is 16.7 Å². The molecule has 6 nitrogen and oxygen atoms in total. The second-order valence-corrected chi connectivity index (χ2v) is 6.51. The second-order valence-electron chi connectivity index (χ2n) is 5.74. The lowest BCUT2D eigenvalue weighted by Crippen LogP contribution is -2.24. The van der Waals surface area contributed by atoms with Gasteiger partial charge >= 0.3 is 0 Å². The van der Waals surface area contributed by atoms with Gasteiger partial charge in [-0.25, -0.2) is 9.37 Å². The summed E-state index contributed by atoms with van der Waals surface area (Å²) in [5, 5.41) is 2.66. The first-order valence-electron chi connectivity index (χ1n) is 8.04. The van der Waals surface area contributed by atoms with Gasteiger partial charge in [0.25, 0.3) is 5.91 Å². The molecule has 1 amide bonds. The summed E-state index contributed by atoms with van der Waals surface area (Å²) < 4.78 is 20.5. The van der Waals surface area contributed by atoms with E-state index in [4.69, 9.17) is 33.7 Å². The number of carbonyl (C=O) groups is 1. The molecule has 0 saturated carbocycles. The Hall–Kier alpha value is -3.03. The summed E-state index contributed by atoms with van der Waals surface area (Å²) >= 11 is 11.9. The molecule has 1 aromatic heterocycles. The summed E-state index contributed by atoms with van der Waals surface area (Å²) in [7, 11) is 0. The number of nitrogens with two attached hydrogens (primary N) is 1. The summed E-state index contributed by atoms with van der Waals surface area (Å²) in [6, 6.07) is 7.81. The minimum absolute atomic E-state index is 0.0257. The molecule has 0 bridgehead atoms. The van der Waals surface area contributed by atoms with E-state index in [2.05, 4.69) is 21.9 Å². The number of nitrogens with one attached hydrogen (secondary N) is 2. The Balaban J connectivity index is 1.82. The summed E-state index contributed by atoms with van der Waals surface area (Å²) in [6.45, 7) is 3.56. The molecule has 0 aliphatic heterocycles. The fourth-order valence-corrected chi connectivity index (χ4v) is 2.82. The number of benzene rings is 2. The Morgan fingerprint density at radius 3 is 2.82 bits per heavy atom. The number of hydrogen-bond acceptors (Lipinski definition) is 4. The van der Waals surface area contributed by atoms with Gasteiger partial charge in [-0.05, 0) is 23.8 Å². The van der Waals surface area contributed by atoms with Gasteiger partial charge in [0, 0.05) is 23.9 Å². The molecule has 4 N–H and O–H groups in total. The Bertz CT molecular complexity index is 1050. The molecule has 0 fully saturated rings. The molecule has 0 aliphatic rings. The molecular formula is C19H15Cl2FN4O2. The standard InChI is InChI=1S/C19H15Cl2FN4O2/c1-2-10-5-12(23)7-13(6-10)28-17-14(20)4-3-11(15(17)22)8-24-19(27)16-18(21)26-9-25-16/h2-7,9H,1,8,23H2,(H,24,27)(H,25,26). The van der Waals surface area contributed by atoms with Crippen molar-refractivity contribution in [3.05, 3.63) is 76.1 Å². The zero-order valence-corrected chi connectivity index (χ0v) is 15.9. The molecule has 3 aromatic rings. The predicted octanol–water partition coefficient (Wildman–Crippen LogP) is 4.80. The van der Waals surface area contributed by atoms with Gasteiger partial charge in [0.05, 0.1) is 11.3 Å². The zero-order valence-electron chi connectivity index (χ0n) is 14.4. The van der Waals surface area contributed by atoms with E-state index in [1.54, 1.807) is 18.2 Å². The van der Waals surface area contributed by atoms with Crippen LogP contribution in [0.25, 0.3) is 6.08 Å². The first-order valence-corrected chi connectivity index (χ1v) is 8.79. The van der Waals surface area contributed by atoms with E-state index in [0.29, 0.717) is 17.0 Å². The third-order valence-corrected chi connectivity index (χ3v) is 4.38. The van der Waals surface area contributed by atoms with Crippen molar-refractivity contribution >= 4 is 40.9 Å². The van der Waals surface area contributed by atoms with Crippen molar-refractivity contribution in [2.75, 3.05) is 5.73 Å². The molecule has 3 rings (SSSR count). The highest BCUT2D eigenvalue weighted by Gasteiger charge is 2.17. The largest absolute Gasteiger partial charge is 0.453 e. The highest BCUT2D eigenvalue weighted by Crippen LogP contribution is 2.35. The molecule has 9 heteroatoms. The number of halogens is 3. The van der Waals surface area contributed by atoms with Crippen molar-refractivity contribution in [1.82, 2.24) is 15.3 Å². The highest BCUT2D eigenvalue weighted by atomic mass is 35.5. The van der Waals surface area contributed by atoms with Gasteiger partial charge < -0.3 is 20.8 Å². The van der Waals surface area contributed by atoms with E-state index in [0.717, 1.165) is 0 Å². The van der Waals surface area contributed by atoms with E-state index >= 15 is 0 Å². The average molecular weight is 421 g/mol. The molecule has 28 heavy (non-hydrogen) atoms. The van der Waals surface area contributed by atoms with Crippen molar-refractivity contribution in [2.24, 2.45) is 0 Å². The number of carbonyl (C=O) groups excluding carboxylic acids is 1. The Morgan fingerprint density at radius 1 is 1.36 bits per heavy atom. The van der Waals surface area contributed by atoms with Gasteiger partial charge in [-0.15, -0.1) is 0 Å². The van der Waals surface area contributed by atoms with Crippen LogP contribution >= 0.6 is 23.2 Å². The number of nitrogens with zero attached hydrogens (tertiary/aromatic N) is 1. The van der Waals surface area contributed by atoms with Crippen LogP contribution in [0.5, 0.6) is 11.5 Å². The Morgan fingerprint density at radius 2 is 2.14 bits per heavy atom. The maximum Gasteiger partial charge on any atom is 0.271 e. The lowest BCUT2D eigenvalue weighted by atomic mass is 10.1. The number of aromatic nitrogens is 2. The quantitative estimate of drug-likeness (QED) is 0.499. The van der Waals surface area contributed by atoms with Crippen molar-refractivity contribution in [3.8, 4) is 11.5 Å². The molecule has 0 aliphatic carbocycles. The van der Waals surface area contributed by atoms with Crippen LogP contribution in [-0.2, 0) is 6.54 Å². The van der Waals surface area contributed by atoms with Crippen LogP contribution in [0.4, 0.5) is 10.1 Å². The molecule has 0 saturated heterocycles. The molecule has 0 spiro atoms. The number of hydrogen-bond donors (Lipinski definition) is 3. The molecule has 0 atom stereocenters. The van der Waals surface area contributed by atoms with E-state index < -0.39 is 11.7 Å². The van der Waals surface area contributed by atoms with Crippen LogP contribution in [0.2, 0.25) is 10.2 Å². The topological polar surface area (TPSA) is 93.0 Å². The SMILES string of the molecule is C=Cc1cc(N)cc(Oc2c(Cl)ccc(CNC(=O)c3[nH]cnc3Cl)c2F)c1. The lowest BCUT2D eigenvalue weighted by molar-refractivity contribution is 0.0946. The number of aromatic amines is 1. The summed E-state index contributed by atoms with van der Waals surface area (Å²) in [4.78, 5) is 18.4. The van der Waals surface area contributed by atoms with Gasteiger partial charge in [0.2, 0.25) is 0 Å².